The summed E-state index contributed by atoms with van der Waals surface area (Å²) in [5, 5.41) is 0.489. The minimum Gasteiger partial charge on any atom is -0.465 e. The lowest BCUT2D eigenvalue weighted by Crippen LogP contribution is -2.30. The Hall–Kier alpha value is -3.14. The lowest BCUT2D eigenvalue weighted by molar-refractivity contribution is 0.0599. The van der Waals surface area contributed by atoms with Crippen LogP contribution in [0.15, 0.2) is 41.2 Å². The van der Waals surface area contributed by atoms with Crippen molar-refractivity contribution in [1.29, 1.82) is 0 Å². The number of hydrogen-bond acceptors (Lipinski definition) is 3. The molecule has 8 heteroatoms. The molecule has 31 heavy (non-hydrogen) atoms. The fourth-order valence-electron chi connectivity index (χ4n) is 3.25. The number of carbonyl (C=O) groups is 1. The molecule has 4 nitrogen and oxygen atoms in total. The second-order valence-corrected chi connectivity index (χ2v) is 7.26. The highest BCUT2D eigenvalue weighted by molar-refractivity contribution is 6.42. The number of methoxy groups -OCH3 is 1. The van der Waals surface area contributed by atoms with E-state index in [9.17, 15) is 18.4 Å². The second-order valence-electron chi connectivity index (χ2n) is 6.44. The molecule has 3 aromatic rings. The zero-order valence-corrected chi connectivity index (χ0v) is 18.2. The summed E-state index contributed by atoms with van der Waals surface area (Å²) in [6.07, 6.45) is 0. The summed E-state index contributed by atoms with van der Waals surface area (Å²) < 4.78 is 33.8. The molecule has 1 aromatic heterocycles. The molecule has 2 aromatic carbocycles. The molecule has 0 amide bonds. The molecule has 0 radical (unpaired) electrons. The number of aromatic nitrogens is 1. The van der Waals surface area contributed by atoms with Crippen LogP contribution in [-0.2, 0) is 4.74 Å². The molecule has 0 unspecified atom stereocenters. The third-order valence-electron chi connectivity index (χ3n) is 4.61. The molecule has 0 spiro atoms. The minimum absolute atomic E-state index is 0.182. The van der Waals surface area contributed by atoms with Crippen molar-refractivity contribution in [3.8, 4) is 28.7 Å². The number of ether oxygens (including phenoxy) is 1. The van der Waals surface area contributed by atoms with Crippen LogP contribution in [0.25, 0.3) is 16.8 Å². The first-order chi connectivity index (χ1) is 14.7. The molecule has 0 saturated carbocycles. The van der Waals surface area contributed by atoms with Crippen LogP contribution in [0.5, 0.6) is 0 Å². The monoisotopic (exact) mass is 461 g/mol. The second kappa shape index (κ2) is 8.93. The molecule has 158 valence electrons. The van der Waals surface area contributed by atoms with Gasteiger partial charge in [-0.25, -0.2) is 13.6 Å². The number of benzene rings is 2. The summed E-state index contributed by atoms with van der Waals surface area (Å²) >= 11 is 12.2. The van der Waals surface area contributed by atoms with Gasteiger partial charge in [0.15, 0.2) is 0 Å². The molecular formula is C23H15Cl2F2NO3. The Morgan fingerprint density at radius 1 is 1.10 bits per heavy atom. The van der Waals surface area contributed by atoms with E-state index in [2.05, 4.69) is 11.8 Å². The van der Waals surface area contributed by atoms with E-state index in [1.165, 1.54) is 12.1 Å². The Bertz CT molecular complexity index is 1340. The number of rotatable bonds is 3. The zero-order chi connectivity index (χ0) is 22.9. The Morgan fingerprint density at radius 2 is 1.81 bits per heavy atom. The van der Waals surface area contributed by atoms with Crippen LogP contribution in [0.2, 0.25) is 10.0 Å². The highest BCUT2D eigenvalue weighted by atomic mass is 35.5. The van der Waals surface area contributed by atoms with Gasteiger partial charge in [0, 0.05) is 17.3 Å². The van der Waals surface area contributed by atoms with Crippen molar-refractivity contribution in [3.63, 3.8) is 0 Å². The first kappa shape index (κ1) is 22.5. The Balaban J connectivity index is 2.55. The highest BCUT2D eigenvalue weighted by Gasteiger charge is 2.27. The lowest BCUT2D eigenvalue weighted by atomic mass is 9.93. The van der Waals surface area contributed by atoms with E-state index in [0.29, 0.717) is 11.6 Å². The van der Waals surface area contributed by atoms with Crippen molar-refractivity contribution in [2.24, 2.45) is 0 Å². The average Bonchev–Trinajstić information content (AvgIpc) is 2.73. The van der Waals surface area contributed by atoms with E-state index in [-0.39, 0.29) is 38.1 Å². The third kappa shape index (κ3) is 4.07. The first-order valence-corrected chi connectivity index (χ1v) is 9.68. The zero-order valence-electron chi connectivity index (χ0n) is 16.6. The van der Waals surface area contributed by atoms with E-state index in [1.54, 1.807) is 19.9 Å². The molecule has 0 aliphatic heterocycles. The smallest absolute Gasteiger partial charge is 0.344 e. The number of nitrogens with zero attached hydrogens (tertiary/aromatic N) is 1. The van der Waals surface area contributed by atoms with Gasteiger partial charge in [0.1, 0.15) is 17.2 Å². The van der Waals surface area contributed by atoms with Gasteiger partial charge >= 0.3 is 5.97 Å². The maximum absolute atomic E-state index is 14.6. The fraction of sp³-hybridized carbons (Fsp3) is 0.130. The highest BCUT2D eigenvalue weighted by Crippen LogP contribution is 2.34. The number of esters is 1. The summed E-state index contributed by atoms with van der Waals surface area (Å²) in [6, 6.07) is 7.37. The van der Waals surface area contributed by atoms with Gasteiger partial charge in [-0.15, -0.1) is 5.92 Å². The Labute approximate surface area is 187 Å². The molecule has 3 rings (SSSR count). The molecule has 0 N–H and O–H groups in total. The number of halogens is 4. The summed E-state index contributed by atoms with van der Waals surface area (Å²) in [5.74, 6) is 2.89. The van der Waals surface area contributed by atoms with Crippen molar-refractivity contribution in [2.75, 3.05) is 7.11 Å². The van der Waals surface area contributed by atoms with Crippen molar-refractivity contribution in [3.05, 3.63) is 85.3 Å². The van der Waals surface area contributed by atoms with Gasteiger partial charge in [-0.1, -0.05) is 35.2 Å². The van der Waals surface area contributed by atoms with Gasteiger partial charge < -0.3 is 4.74 Å². The standard InChI is InChI=1S/C23H15Cl2F2NO3/c1-4-5-15-12(2)28(19-9-7-14(26)11-18(19)27)22(29)21(23(30)31-3)20(15)13-6-8-16(24)17(25)10-13/h6-11H,1-3H3. The van der Waals surface area contributed by atoms with Crippen LogP contribution in [0.1, 0.15) is 28.5 Å². The number of carbonyl (C=O) groups excluding carboxylic acids is 1. The van der Waals surface area contributed by atoms with Crippen LogP contribution in [0.4, 0.5) is 8.78 Å². The van der Waals surface area contributed by atoms with Crippen molar-refractivity contribution in [2.45, 2.75) is 13.8 Å². The Morgan fingerprint density at radius 3 is 2.39 bits per heavy atom. The van der Waals surface area contributed by atoms with E-state index in [0.717, 1.165) is 23.8 Å². The maximum atomic E-state index is 14.6. The van der Waals surface area contributed by atoms with Gasteiger partial charge in [0.2, 0.25) is 0 Å². The van der Waals surface area contributed by atoms with Crippen molar-refractivity contribution in [1.82, 2.24) is 4.57 Å². The van der Waals surface area contributed by atoms with Crippen LogP contribution in [-0.4, -0.2) is 17.6 Å². The molecule has 0 aliphatic carbocycles. The molecule has 0 saturated heterocycles. The summed E-state index contributed by atoms with van der Waals surface area (Å²) in [6.45, 7) is 3.12. The molecular weight excluding hydrogens is 447 g/mol. The third-order valence-corrected chi connectivity index (χ3v) is 5.35. The molecule has 0 atom stereocenters. The SMILES string of the molecule is CC#Cc1c(-c2ccc(Cl)c(Cl)c2)c(C(=O)OC)c(=O)n(-c2ccc(F)cc2F)c1C. The topological polar surface area (TPSA) is 48.3 Å². The molecule has 1 heterocycles. The van der Waals surface area contributed by atoms with Crippen LogP contribution >= 0.6 is 23.2 Å². The van der Waals surface area contributed by atoms with Crippen LogP contribution in [0, 0.1) is 30.4 Å². The molecule has 0 bridgehead atoms. The van der Waals surface area contributed by atoms with Gasteiger partial charge in [-0.3, -0.25) is 9.36 Å². The quantitative estimate of drug-likeness (QED) is 0.379. The van der Waals surface area contributed by atoms with E-state index >= 15 is 0 Å². The van der Waals surface area contributed by atoms with Crippen molar-refractivity contribution < 1.29 is 18.3 Å². The average molecular weight is 462 g/mol. The normalized spacial score (nSPS) is 10.4. The van der Waals surface area contributed by atoms with E-state index < -0.39 is 23.2 Å². The Kier molecular flexibility index (Phi) is 6.49. The summed E-state index contributed by atoms with van der Waals surface area (Å²) in [5.41, 5.74) is -0.330. The van der Waals surface area contributed by atoms with Crippen LogP contribution < -0.4 is 5.56 Å². The van der Waals surface area contributed by atoms with E-state index in [1.807, 2.05) is 0 Å². The van der Waals surface area contributed by atoms with Gasteiger partial charge in [-0.05, 0) is 43.7 Å². The predicted octanol–water partition coefficient (Wildman–Crippen LogP) is 5.56. The minimum atomic E-state index is -0.973. The van der Waals surface area contributed by atoms with Gasteiger partial charge in [-0.2, -0.15) is 0 Å². The maximum Gasteiger partial charge on any atom is 0.344 e. The van der Waals surface area contributed by atoms with Gasteiger partial charge in [0.05, 0.1) is 28.4 Å². The largest absolute Gasteiger partial charge is 0.465 e. The predicted molar refractivity (Wildman–Crippen MR) is 116 cm³/mol. The van der Waals surface area contributed by atoms with Crippen LogP contribution in [0.3, 0.4) is 0 Å². The molecule has 0 fully saturated rings. The fourth-order valence-corrected chi connectivity index (χ4v) is 3.55. The summed E-state index contributed by atoms with van der Waals surface area (Å²) in [7, 11) is 1.12. The number of hydrogen-bond donors (Lipinski definition) is 0. The molecule has 0 aliphatic rings. The first-order valence-electron chi connectivity index (χ1n) is 8.92. The number of pyridine rings is 1. The summed E-state index contributed by atoms with van der Waals surface area (Å²) in [4.78, 5) is 26.1. The van der Waals surface area contributed by atoms with Gasteiger partial charge in [0.25, 0.3) is 5.56 Å². The van der Waals surface area contributed by atoms with Crippen molar-refractivity contribution >= 4 is 29.2 Å². The van der Waals surface area contributed by atoms with E-state index in [4.69, 9.17) is 27.9 Å². The lowest BCUT2D eigenvalue weighted by Gasteiger charge is -2.19.